The standard InChI is InChI=1S/C20H24N4O3/c25-16-10-21-20(27)24(16)12-17(26)23-11-15(13-4-2-1-3-5-13)19-18(23)14-6-8-22(19)9-7-14/h1-5,14-15,18-19H,6-12H2,(H,21,27)/t15-,18+,19+/m1/s1. The lowest BCUT2D eigenvalue weighted by Gasteiger charge is -2.51. The van der Waals surface area contributed by atoms with Gasteiger partial charge in [-0.15, -0.1) is 0 Å². The van der Waals surface area contributed by atoms with Crippen LogP contribution < -0.4 is 5.32 Å². The number of nitrogens with one attached hydrogen (secondary N) is 1. The molecule has 1 aromatic carbocycles. The maximum Gasteiger partial charge on any atom is 0.325 e. The van der Waals surface area contributed by atoms with Crippen molar-refractivity contribution in [3.05, 3.63) is 35.9 Å². The van der Waals surface area contributed by atoms with E-state index in [0.717, 1.165) is 30.8 Å². The van der Waals surface area contributed by atoms with Crippen LogP contribution in [0.3, 0.4) is 0 Å². The topological polar surface area (TPSA) is 73.0 Å². The number of hydrogen-bond acceptors (Lipinski definition) is 4. The highest BCUT2D eigenvalue weighted by Gasteiger charge is 2.54. The fourth-order valence-electron chi connectivity index (χ4n) is 5.54. The van der Waals surface area contributed by atoms with Gasteiger partial charge in [0.15, 0.2) is 0 Å². The first-order chi connectivity index (χ1) is 13.1. The monoisotopic (exact) mass is 368 g/mol. The highest BCUT2D eigenvalue weighted by atomic mass is 16.2. The summed E-state index contributed by atoms with van der Waals surface area (Å²) in [7, 11) is 0. The number of likely N-dealkylation sites (tertiary alicyclic amines) is 1. The van der Waals surface area contributed by atoms with Crippen LogP contribution in [0, 0.1) is 5.92 Å². The predicted molar refractivity (Wildman–Crippen MR) is 97.9 cm³/mol. The van der Waals surface area contributed by atoms with E-state index in [0.29, 0.717) is 18.5 Å². The first-order valence-electron chi connectivity index (χ1n) is 9.80. The number of nitrogens with zero attached hydrogens (tertiary/aromatic N) is 3. The maximum atomic E-state index is 13.1. The first-order valence-corrected chi connectivity index (χ1v) is 9.80. The number of urea groups is 1. The molecule has 0 aromatic heterocycles. The number of amides is 4. The predicted octanol–water partition coefficient (Wildman–Crippen LogP) is 0.627. The van der Waals surface area contributed by atoms with Gasteiger partial charge >= 0.3 is 6.03 Å². The molecular formula is C20H24N4O3. The van der Waals surface area contributed by atoms with Crippen LogP contribution in [0.15, 0.2) is 30.3 Å². The molecule has 4 amide bonds. The van der Waals surface area contributed by atoms with E-state index in [1.165, 1.54) is 5.56 Å². The second-order valence-electron chi connectivity index (χ2n) is 8.06. The van der Waals surface area contributed by atoms with Crippen molar-refractivity contribution in [2.75, 3.05) is 32.7 Å². The van der Waals surface area contributed by atoms with Crippen LogP contribution in [0.2, 0.25) is 0 Å². The molecule has 1 aromatic rings. The molecular weight excluding hydrogens is 344 g/mol. The van der Waals surface area contributed by atoms with Crippen molar-refractivity contribution in [2.24, 2.45) is 5.92 Å². The van der Waals surface area contributed by atoms with Gasteiger partial charge in [-0.05, 0) is 37.4 Å². The number of hydrogen-bond donors (Lipinski definition) is 1. The van der Waals surface area contributed by atoms with Crippen LogP contribution >= 0.6 is 0 Å². The van der Waals surface area contributed by atoms with Gasteiger partial charge in [-0.1, -0.05) is 30.3 Å². The summed E-state index contributed by atoms with van der Waals surface area (Å²) in [6.07, 6.45) is 2.24. The molecule has 6 rings (SSSR count). The van der Waals surface area contributed by atoms with Gasteiger partial charge in [-0.2, -0.15) is 0 Å². The Balaban J connectivity index is 1.43. The number of fused-ring (bicyclic) bond motifs is 2. The van der Waals surface area contributed by atoms with Crippen LogP contribution in [-0.2, 0) is 9.59 Å². The summed E-state index contributed by atoms with van der Waals surface area (Å²) < 4.78 is 0. The Kier molecular flexibility index (Phi) is 3.93. The van der Waals surface area contributed by atoms with Gasteiger partial charge in [0.05, 0.1) is 12.6 Å². The van der Waals surface area contributed by atoms with Gasteiger partial charge in [0, 0.05) is 18.5 Å². The maximum absolute atomic E-state index is 13.1. The Hall–Kier alpha value is -2.41. The van der Waals surface area contributed by atoms with E-state index in [1.54, 1.807) is 0 Å². The SMILES string of the molecule is O=C1CNC(=O)N1CC(=O)N1C[C@H](c2ccccc2)[C@H]2[C@@H]1C1CCN2CC1. The molecule has 0 spiro atoms. The molecule has 2 bridgehead atoms. The average Bonchev–Trinajstić information content (AvgIpc) is 3.27. The normalized spacial score (nSPS) is 34.7. The van der Waals surface area contributed by atoms with Crippen molar-refractivity contribution in [1.82, 2.24) is 20.0 Å². The average molecular weight is 368 g/mol. The summed E-state index contributed by atoms with van der Waals surface area (Å²) in [6, 6.07) is 10.5. The molecule has 5 aliphatic heterocycles. The summed E-state index contributed by atoms with van der Waals surface area (Å²) in [5.74, 6) is 0.368. The van der Waals surface area contributed by atoms with Crippen molar-refractivity contribution in [1.29, 1.82) is 0 Å². The van der Waals surface area contributed by atoms with Crippen LogP contribution in [-0.4, -0.2) is 77.4 Å². The van der Waals surface area contributed by atoms with E-state index in [1.807, 2.05) is 11.0 Å². The number of carbonyl (C=O) groups is 3. The third kappa shape index (κ3) is 2.64. The molecule has 1 N–H and O–H groups in total. The lowest BCUT2D eigenvalue weighted by Crippen LogP contribution is -2.61. The molecule has 5 heterocycles. The van der Waals surface area contributed by atoms with Gasteiger partial charge in [-0.3, -0.25) is 19.4 Å². The van der Waals surface area contributed by atoms with Crippen molar-refractivity contribution in [3.63, 3.8) is 0 Å². The van der Waals surface area contributed by atoms with Crippen LogP contribution in [0.1, 0.15) is 24.3 Å². The quantitative estimate of drug-likeness (QED) is 0.795. The first kappa shape index (κ1) is 16.7. The molecule has 5 aliphatic rings. The molecule has 0 aliphatic carbocycles. The highest BCUT2D eigenvalue weighted by molar-refractivity contribution is 6.04. The number of piperidine rings is 3. The zero-order chi connectivity index (χ0) is 18.5. The van der Waals surface area contributed by atoms with Crippen molar-refractivity contribution in [2.45, 2.75) is 30.8 Å². The van der Waals surface area contributed by atoms with Crippen molar-refractivity contribution >= 4 is 17.8 Å². The molecule has 7 heteroatoms. The Morgan fingerprint density at radius 3 is 2.48 bits per heavy atom. The van der Waals surface area contributed by atoms with E-state index in [9.17, 15) is 14.4 Å². The zero-order valence-corrected chi connectivity index (χ0v) is 15.2. The fraction of sp³-hybridized carbons (Fsp3) is 0.550. The molecule has 5 fully saturated rings. The number of carbonyl (C=O) groups excluding carboxylic acids is 3. The number of benzene rings is 1. The minimum atomic E-state index is -0.461. The molecule has 0 radical (unpaired) electrons. The van der Waals surface area contributed by atoms with Gasteiger partial charge in [-0.25, -0.2) is 4.79 Å². The molecule has 27 heavy (non-hydrogen) atoms. The van der Waals surface area contributed by atoms with E-state index >= 15 is 0 Å². The van der Waals surface area contributed by atoms with Crippen LogP contribution in [0.5, 0.6) is 0 Å². The molecule has 0 saturated carbocycles. The third-order valence-electron chi connectivity index (χ3n) is 6.77. The second kappa shape index (κ2) is 6.34. The van der Waals surface area contributed by atoms with Gasteiger partial charge in [0.2, 0.25) is 5.91 Å². The van der Waals surface area contributed by atoms with E-state index in [2.05, 4.69) is 34.5 Å². The Morgan fingerprint density at radius 1 is 1.07 bits per heavy atom. The minimum Gasteiger partial charge on any atom is -0.336 e. The van der Waals surface area contributed by atoms with Crippen molar-refractivity contribution < 1.29 is 14.4 Å². The largest absolute Gasteiger partial charge is 0.336 e. The minimum absolute atomic E-state index is 0.0127. The van der Waals surface area contributed by atoms with Crippen LogP contribution in [0.4, 0.5) is 4.79 Å². The number of rotatable bonds is 3. The Labute approximate surface area is 158 Å². The summed E-state index contributed by atoms with van der Waals surface area (Å²) >= 11 is 0. The van der Waals surface area contributed by atoms with E-state index < -0.39 is 6.03 Å². The molecule has 7 nitrogen and oxygen atoms in total. The highest BCUT2D eigenvalue weighted by Crippen LogP contribution is 2.46. The summed E-state index contributed by atoms with van der Waals surface area (Å²) in [5, 5.41) is 2.49. The van der Waals surface area contributed by atoms with Gasteiger partial charge in [0.25, 0.3) is 5.91 Å². The molecule has 3 atom stereocenters. The Bertz CT molecular complexity index is 759. The van der Waals surface area contributed by atoms with Gasteiger partial charge < -0.3 is 10.2 Å². The van der Waals surface area contributed by atoms with Crippen LogP contribution in [0.25, 0.3) is 0 Å². The number of imide groups is 1. The summed E-state index contributed by atoms with van der Waals surface area (Å²) in [5.41, 5.74) is 1.27. The summed E-state index contributed by atoms with van der Waals surface area (Å²) in [4.78, 5) is 42.4. The Morgan fingerprint density at radius 2 is 1.81 bits per heavy atom. The smallest absolute Gasteiger partial charge is 0.325 e. The second-order valence-corrected chi connectivity index (χ2v) is 8.06. The molecule has 0 unspecified atom stereocenters. The zero-order valence-electron chi connectivity index (χ0n) is 15.2. The molecule has 5 saturated heterocycles. The molecule has 142 valence electrons. The lowest BCUT2D eigenvalue weighted by molar-refractivity contribution is -0.140. The van der Waals surface area contributed by atoms with E-state index in [-0.39, 0.29) is 36.9 Å². The van der Waals surface area contributed by atoms with Crippen molar-refractivity contribution in [3.8, 4) is 0 Å². The van der Waals surface area contributed by atoms with E-state index in [4.69, 9.17) is 0 Å². The summed E-state index contributed by atoms with van der Waals surface area (Å²) in [6.45, 7) is 2.70. The fourth-order valence-corrected chi connectivity index (χ4v) is 5.54. The third-order valence-corrected chi connectivity index (χ3v) is 6.77. The van der Waals surface area contributed by atoms with Gasteiger partial charge in [0.1, 0.15) is 6.54 Å². The lowest BCUT2D eigenvalue weighted by atomic mass is 9.75.